The maximum Gasteiger partial charge on any atom is 0.107 e. The molecule has 16 heavy (non-hydrogen) atoms. The molecule has 2 rings (SSSR count). The van der Waals surface area contributed by atoms with E-state index in [0.29, 0.717) is 25.7 Å². The molecule has 1 aromatic rings. The van der Waals surface area contributed by atoms with Gasteiger partial charge in [0.05, 0.1) is 25.4 Å². The minimum Gasteiger partial charge on any atom is -0.389 e. The van der Waals surface area contributed by atoms with Crippen molar-refractivity contribution in [1.29, 1.82) is 0 Å². The Balaban J connectivity index is 1.84. The molecule has 1 saturated heterocycles. The topological polar surface area (TPSA) is 54.4 Å². The highest BCUT2D eigenvalue weighted by Gasteiger charge is 2.25. The Morgan fingerprint density at radius 3 is 3.00 bits per heavy atom. The van der Waals surface area contributed by atoms with E-state index in [2.05, 4.69) is 24.1 Å². The number of nitrogens with one attached hydrogen (secondary N) is 1. The van der Waals surface area contributed by atoms with Gasteiger partial charge in [0.15, 0.2) is 0 Å². The fraction of sp³-hybridized carbons (Fsp3) is 0.727. The molecule has 0 aliphatic carbocycles. The van der Waals surface area contributed by atoms with E-state index >= 15 is 0 Å². The van der Waals surface area contributed by atoms with E-state index in [0.717, 1.165) is 5.01 Å². The summed E-state index contributed by atoms with van der Waals surface area (Å²) in [6.45, 7) is 6.07. The van der Waals surface area contributed by atoms with Crippen molar-refractivity contribution < 1.29 is 9.84 Å². The van der Waals surface area contributed by atoms with Crippen molar-refractivity contribution in [2.24, 2.45) is 0 Å². The van der Waals surface area contributed by atoms with Gasteiger partial charge in [0.2, 0.25) is 0 Å². The Labute approximate surface area is 99.7 Å². The molecule has 0 aromatic carbocycles. The summed E-state index contributed by atoms with van der Waals surface area (Å²) >= 11 is 1.73. The van der Waals surface area contributed by atoms with E-state index in [-0.39, 0.29) is 12.1 Å². The van der Waals surface area contributed by atoms with Crippen LogP contribution in [-0.4, -0.2) is 35.5 Å². The second-order valence-corrected chi connectivity index (χ2v) is 5.55. The fourth-order valence-corrected chi connectivity index (χ4v) is 2.50. The first kappa shape index (κ1) is 12.0. The summed E-state index contributed by atoms with van der Waals surface area (Å²) < 4.78 is 5.17. The quantitative estimate of drug-likeness (QED) is 0.830. The van der Waals surface area contributed by atoms with Crippen LogP contribution in [0.2, 0.25) is 0 Å². The van der Waals surface area contributed by atoms with E-state index in [1.807, 2.05) is 6.20 Å². The molecule has 1 fully saturated rings. The third kappa shape index (κ3) is 2.79. The summed E-state index contributed by atoms with van der Waals surface area (Å²) in [4.78, 5) is 5.66. The summed E-state index contributed by atoms with van der Waals surface area (Å²) in [5.41, 5.74) is 0. The summed E-state index contributed by atoms with van der Waals surface area (Å²) in [6, 6.07) is 0.0476. The van der Waals surface area contributed by atoms with Crippen LogP contribution in [0.4, 0.5) is 0 Å². The van der Waals surface area contributed by atoms with Crippen LogP contribution in [0.25, 0.3) is 0 Å². The van der Waals surface area contributed by atoms with Crippen molar-refractivity contribution in [1.82, 2.24) is 10.3 Å². The van der Waals surface area contributed by atoms with Crippen molar-refractivity contribution in [3.8, 4) is 0 Å². The molecule has 90 valence electrons. The molecule has 0 bridgehead atoms. The van der Waals surface area contributed by atoms with E-state index in [4.69, 9.17) is 4.74 Å². The Bertz CT molecular complexity index is 340. The van der Waals surface area contributed by atoms with Gasteiger partial charge in [0, 0.05) is 17.6 Å². The van der Waals surface area contributed by atoms with Gasteiger partial charge in [0.25, 0.3) is 0 Å². The van der Waals surface area contributed by atoms with Crippen molar-refractivity contribution in [2.45, 2.75) is 38.5 Å². The fourth-order valence-electron chi connectivity index (χ4n) is 1.63. The molecule has 2 atom stereocenters. The van der Waals surface area contributed by atoms with Gasteiger partial charge in [0.1, 0.15) is 5.01 Å². The Morgan fingerprint density at radius 2 is 2.44 bits per heavy atom. The number of ether oxygens (including phenoxy) is 1. The van der Waals surface area contributed by atoms with E-state index in [1.54, 1.807) is 11.3 Å². The molecule has 5 heteroatoms. The maximum absolute atomic E-state index is 9.56. The number of aromatic nitrogens is 1. The van der Waals surface area contributed by atoms with Crippen molar-refractivity contribution in [3.63, 3.8) is 0 Å². The third-order valence-corrected chi connectivity index (χ3v) is 4.00. The number of hydrogen-bond donors (Lipinski definition) is 2. The maximum atomic E-state index is 9.56. The Hall–Kier alpha value is -0.490. The number of aliphatic hydroxyl groups is 1. The lowest BCUT2D eigenvalue weighted by Crippen LogP contribution is -2.38. The van der Waals surface area contributed by atoms with Gasteiger partial charge in [-0.2, -0.15) is 0 Å². The second kappa shape index (κ2) is 5.23. The van der Waals surface area contributed by atoms with Crippen LogP contribution >= 0.6 is 11.3 Å². The van der Waals surface area contributed by atoms with Gasteiger partial charge in [-0.1, -0.05) is 13.8 Å². The predicted octanol–water partition coefficient (Wildman–Crippen LogP) is 1.12. The van der Waals surface area contributed by atoms with E-state index < -0.39 is 0 Å². The average Bonchev–Trinajstić information content (AvgIpc) is 2.83. The number of hydrogen-bond acceptors (Lipinski definition) is 5. The zero-order valence-corrected chi connectivity index (χ0v) is 10.5. The van der Waals surface area contributed by atoms with Crippen LogP contribution in [0, 0.1) is 0 Å². The van der Waals surface area contributed by atoms with Crippen molar-refractivity contribution >= 4 is 11.3 Å². The van der Waals surface area contributed by atoms with Gasteiger partial charge in [-0.05, 0) is 5.92 Å². The molecular formula is C11H18N2O2S. The molecule has 0 spiro atoms. The van der Waals surface area contributed by atoms with Gasteiger partial charge in [-0.15, -0.1) is 11.3 Å². The summed E-state index contributed by atoms with van der Waals surface area (Å²) in [6.07, 6.45) is 1.55. The van der Waals surface area contributed by atoms with Gasteiger partial charge in [-0.25, -0.2) is 4.98 Å². The average molecular weight is 242 g/mol. The van der Waals surface area contributed by atoms with Gasteiger partial charge in [-0.3, -0.25) is 0 Å². The first-order chi connectivity index (χ1) is 7.66. The lowest BCUT2D eigenvalue weighted by Gasteiger charge is -2.12. The SMILES string of the molecule is CC(C)c1cnc(CNC2COCC2O)s1. The molecule has 1 aliphatic heterocycles. The van der Waals surface area contributed by atoms with E-state index in [1.165, 1.54) is 4.88 Å². The number of rotatable bonds is 4. The van der Waals surface area contributed by atoms with E-state index in [9.17, 15) is 5.11 Å². The van der Waals surface area contributed by atoms with Crippen LogP contribution < -0.4 is 5.32 Å². The standard InChI is InChI=1S/C11H18N2O2S/c1-7(2)10-3-13-11(16-10)4-12-8-5-15-6-9(8)14/h3,7-9,12,14H,4-6H2,1-2H3. The number of aliphatic hydroxyl groups excluding tert-OH is 1. The number of thiazole rings is 1. The monoisotopic (exact) mass is 242 g/mol. The number of nitrogens with zero attached hydrogens (tertiary/aromatic N) is 1. The molecular weight excluding hydrogens is 224 g/mol. The van der Waals surface area contributed by atoms with Crippen LogP contribution in [0.3, 0.4) is 0 Å². The third-order valence-electron chi connectivity index (χ3n) is 2.71. The first-order valence-electron chi connectivity index (χ1n) is 5.60. The molecule has 0 radical (unpaired) electrons. The largest absolute Gasteiger partial charge is 0.389 e. The molecule has 1 aliphatic rings. The van der Waals surface area contributed by atoms with Crippen molar-refractivity contribution in [2.75, 3.05) is 13.2 Å². The molecule has 2 heterocycles. The molecule has 2 unspecified atom stereocenters. The Morgan fingerprint density at radius 1 is 1.62 bits per heavy atom. The van der Waals surface area contributed by atoms with Crippen molar-refractivity contribution in [3.05, 3.63) is 16.1 Å². The Kier molecular flexibility index (Phi) is 3.91. The minimum atomic E-state index is -0.385. The molecule has 4 nitrogen and oxygen atoms in total. The first-order valence-corrected chi connectivity index (χ1v) is 6.42. The molecule has 2 N–H and O–H groups in total. The second-order valence-electron chi connectivity index (χ2n) is 4.40. The van der Waals surface area contributed by atoms with Crippen LogP contribution in [0.1, 0.15) is 29.7 Å². The van der Waals surface area contributed by atoms with Crippen LogP contribution in [0.5, 0.6) is 0 Å². The van der Waals surface area contributed by atoms with Crippen LogP contribution in [-0.2, 0) is 11.3 Å². The summed E-state index contributed by atoms with van der Waals surface area (Å²) in [7, 11) is 0. The van der Waals surface area contributed by atoms with Gasteiger partial charge >= 0.3 is 0 Å². The molecule has 0 saturated carbocycles. The lowest BCUT2D eigenvalue weighted by atomic mass is 10.2. The molecule has 0 amide bonds. The highest BCUT2D eigenvalue weighted by atomic mass is 32.1. The highest BCUT2D eigenvalue weighted by molar-refractivity contribution is 7.11. The normalized spacial score (nSPS) is 25.5. The van der Waals surface area contributed by atoms with Gasteiger partial charge < -0.3 is 15.2 Å². The van der Waals surface area contributed by atoms with Crippen LogP contribution in [0.15, 0.2) is 6.20 Å². The zero-order chi connectivity index (χ0) is 11.5. The highest BCUT2D eigenvalue weighted by Crippen LogP contribution is 2.21. The predicted molar refractivity (Wildman–Crippen MR) is 63.7 cm³/mol. The zero-order valence-electron chi connectivity index (χ0n) is 9.64. The smallest absolute Gasteiger partial charge is 0.107 e. The molecule has 1 aromatic heterocycles. The summed E-state index contributed by atoms with van der Waals surface area (Å²) in [5.74, 6) is 0.534. The minimum absolute atomic E-state index is 0.0476. The summed E-state index contributed by atoms with van der Waals surface area (Å²) in [5, 5.41) is 13.9. The lowest BCUT2D eigenvalue weighted by molar-refractivity contribution is 0.122.